The summed E-state index contributed by atoms with van der Waals surface area (Å²) < 4.78 is 38.5. The molecule has 2 aromatic rings. The molecule has 0 atom stereocenters. The van der Waals surface area contributed by atoms with Crippen molar-refractivity contribution >= 4 is 17.2 Å². The number of nitrogens with zero attached hydrogens (tertiary/aromatic N) is 2. The van der Waals surface area contributed by atoms with Crippen molar-refractivity contribution in [2.75, 3.05) is 5.32 Å². The minimum atomic E-state index is -4.90. The monoisotopic (exact) mass is 285 g/mol. The maximum atomic E-state index is 12.3. The van der Waals surface area contributed by atoms with Crippen molar-refractivity contribution in [3.8, 4) is 0 Å². The average Bonchev–Trinajstić information content (AvgIpc) is 2.75. The van der Waals surface area contributed by atoms with Crippen LogP contribution in [0.1, 0.15) is 24.6 Å². The summed E-state index contributed by atoms with van der Waals surface area (Å²) in [6, 6.07) is 1.43. The third-order valence-electron chi connectivity index (χ3n) is 2.94. The maximum absolute atomic E-state index is 12.3. The second kappa shape index (κ2) is 5.15. The van der Waals surface area contributed by atoms with Gasteiger partial charge in [0, 0.05) is 23.6 Å². The van der Waals surface area contributed by atoms with Gasteiger partial charge < -0.3 is 9.72 Å². The molecule has 0 saturated carbocycles. The van der Waals surface area contributed by atoms with E-state index in [9.17, 15) is 18.0 Å². The lowest BCUT2D eigenvalue weighted by Gasteiger charge is -2.10. The van der Waals surface area contributed by atoms with Gasteiger partial charge in [0.1, 0.15) is 5.65 Å². The predicted molar refractivity (Wildman–Crippen MR) is 68.6 cm³/mol. The van der Waals surface area contributed by atoms with E-state index >= 15 is 0 Å². The van der Waals surface area contributed by atoms with E-state index in [1.54, 1.807) is 17.5 Å². The number of amides is 1. The van der Waals surface area contributed by atoms with Gasteiger partial charge in [-0.15, -0.1) is 0 Å². The molecule has 0 spiro atoms. The molecule has 0 aliphatic carbocycles. The highest BCUT2D eigenvalue weighted by Crippen LogP contribution is 2.23. The van der Waals surface area contributed by atoms with Crippen molar-refractivity contribution in [1.29, 1.82) is 0 Å². The smallest absolute Gasteiger partial charge is 0.318 e. The molecule has 0 radical (unpaired) electrons. The molecule has 108 valence electrons. The van der Waals surface area contributed by atoms with Crippen molar-refractivity contribution < 1.29 is 18.0 Å². The molecule has 0 fully saturated rings. The Bertz CT molecular complexity index is 646. The Labute approximate surface area is 113 Å². The Balaban J connectivity index is 2.36. The van der Waals surface area contributed by atoms with Gasteiger partial charge in [-0.25, -0.2) is 4.98 Å². The molecule has 1 amide bonds. The fourth-order valence-electron chi connectivity index (χ4n) is 1.94. The zero-order valence-electron chi connectivity index (χ0n) is 11.1. The van der Waals surface area contributed by atoms with Crippen molar-refractivity contribution in [3.05, 3.63) is 29.7 Å². The van der Waals surface area contributed by atoms with E-state index in [1.165, 1.54) is 6.07 Å². The van der Waals surface area contributed by atoms with Crippen LogP contribution in [0.5, 0.6) is 0 Å². The average molecular weight is 285 g/mol. The number of alkyl halides is 3. The van der Waals surface area contributed by atoms with E-state index in [1.807, 2.05) is 18.4 Å². The molecule has 7 heteroatoms. The highest BCUT2D eigenvalue weighted by molar-refractivity contribution is 5.96. The molecule has 0 unspecified atom stereocenters. The molecule has 0 saturated heterocycles. The van der Waals surface area contributed by atoms with Gasteiger partial charge in [-0.1, -0.05) is 13.3 Å². The second-order valence-electron chi connectivity index (χ2n) is 4.52. The first-order valence-corrected chi connectivity index (χ1v) is 6.18. The molecule has 1 N–H and O–H groups in total. The molecule has 4 nitrogen and oxygen atoms in total. The van der Waals surface area contributed by atoms with Gasteiger partial charge in [-0.3, -0.25) is 4.79 Å². The van der Waals surface area contributed by atoms with Crippen LogP contribution in [-0.4, -0.2) is 21.5 Å². The number of hydrogen-bond donors (Lipinski definition) is 1. The van der Waals surface area contributed by atoms with Crippen LogP contribution in [0.2, 0.25) is 0 Å². The maximum Gasteiger partial charge on any atom is 0.471 e. The van der Waals surface area contributed by atoms with Crippen LogP contribution in [0.25, 0.3) is 5.65 Å². The van der Waals surface area contributed by atoms with E-state index in [2.05, 4.69) is 4.98 Å². The molecule has 2 aromatic heterocycles. The number of hydrogen-bond acceptors (Lipinski definition) is 2. The summed E-state index contributed by atoms with van der Waals surface area (Å²) in [5.74, 6) is -1.98. The second-order valence-corrected chi connectivity index (χ2v) is 4.52. The van der Waals surface area contributed by atoms with Gasteiger partial charge in [-0.2, -0.15) is 13.2 Å². The summed E-state index contributed by atoms with van der Waals surface area (Å²) >= 11 is 0. The van der Waals surface area contributed by atoms with E-state index in [0.717, 1.165) is 18.5 Å². The van der Waals surface area contributed by atoms with Gasteiger partial charge in [0.15, 0.2) is 0 Å². The number of carbonyl (C=O) groups is 1. The molecule has 2 rings (SSSR count). The number of imidazole rings is 1. The number of nitrogens with one attached hydrogen (secondary N) is 1. The first-order valence-electron chi connectivity index (χ1n) is 6.18. The third-order valence-corrected chi connectivity index (χ3v) is 2.94. The van der Waals surface area contributed by atoms with Gasteiger partial charge in [-0.05, 0) is 19.4 Å². The minimum absolute atomic E-state index is 0.119. The fraction of sp³-hybridized carbons (Fsp3) is 0.385. The molecule has 2 heterocycles. The van der Waals surface area contributed by atoms with Gasteiger partial charge in [0.25, 0.3) is 0 Å². The molecule has 0 aliphatic rings. The zero-order valence-corrected chi connectivity index (χ0v) is 11.1. The number of rotatable bonds is 3. The number of aromatic nitrogens is 2. The third kappa shape index (κ3) is 2.76. The van der Waals surface area contributed by atoms with Crippen LogP contribution >= 0.6 is 0 Å². The summed E-state index contributed by atoms with van der Waals surface area (Å²) in [6.07, 6.45) is 0.245. The SMILES string of the molecule is CCCc1cn2ccc(NC(=O)C(F)(F)F)c(C)c2n1. The van der Waals surface area contributed by atoms with Crippen molar-refractivity contribution in [3.63, 3.8) is 0 Å². The highest BCUT2D eigenvalue weighted by atomic mass is 19.4. The van der Waals surface area contributed by atoms with Crippen LogP contribution in [0.3, 0.4) is 0 Å². The molecule has 0 aliphatic heterocycles. The molecule has 0 aromatic carbocycles. The van der Waals surface area contributed by atoms with Crippen LogP contribution < -0.4 is 5.32 Å². The van der Waals surface area contributed by atoms with Crippen molar-refractivity contribution in [2.24, 2.45) is 0 Å². The summed E-state index contributed by atoms with van der Waals surface area (Å²) in [6.45, 7) is 3.65. The number of pyridine rings is 1. The van der Waals surface area contributed by atoms with E-state index in [0.29, 0.717) is 11.2 Å². The van der Waals surface area contributed by atoms with Crippen molar-refractivity contribution in [1.82, 2.24) is 9.38 Å². The molecular formula is C13H14F3N3O. The number of halogens is 3. The summed E-state index contributed by atoms with van der Waals surface area (Å²) in [7, 11) is 0. The standard InChI is InChI=1S/C13H14F3N3O/c1-3-4-9-7-19-6-5-10(8(2)11(19)17-9)18-12(20)13(14,15)16/h5-7H,3-4H2,1-2H3,(H,18,20). The Morgan fingerprint density at radius 3 is 2.75 bits per heavy atom. The lowest BCUT2D eigenvalue weighted by atomic mass is 10.2. The van der Waals surface area contributed by atoms with Crippen LogP contribution in [-0.2, 0) is 11.2 Å². The molecule has 20 heavy (non-hydrogen) atoms. The lowest BCUT2D eigenvalue weighted by Crippen LogP contribution is -2.30. The largest absolute Gasteiger partial charge is 0.471 e. The van der Waals surface area contributed by atoms with Crippen LogP contribution in [0.15, 0.2) is 18.5 Å². The summed E-state index contributed by atoms with van der Waals surface area (Å²) in [5, 5.41) is 1.87. The normalized spacial score (nSPS) is 11.8. The Kier molecular flexibility index (Phi) is 3.69. The number of fused-ring (bicyclic) bond motifs is 1. The first kappa shape index (κ1) is 14.4. The quantitative estimate of drug-likeness (QED) is 0.942. The zero-order chi connectivity index (χ0) is 14.9. The number of anilines is 1. The Hall–Kier alpha value is -2.05. The summed E-state index contributed by atoms with van der Waals surface area (Å²) in [4.78, 5) is 15.3. The summed E-state index contributed by atoms with van der Waals surface area (Å²) in [5.41, 5.74) is 2.05. The predicted octanol–water partition coefficient (Wildman–Crippen LogP) is 3.10. The van der Waals surface area contributed by atoms with E-state index in [4.69, 9.17) is 0 Å². The molecular weight excluding hydrogens is 271 g/mol. The van der Waals surface area contributed by atoms with E-state index < -0.39 is 12.1 Å². The minimum Gasteiger partial charge on any atom is -0.318 e. The molecule has 0 bridgehead atoms. The fourth-order valence-corrected chi connectivity index (χ4v) is 1.94. The van der Waals surface area contributed by atoms with Crippen LogP contribution in [0, 0.1) is 6.92 Å². The Morgan fingerprint density at radius 1 is 1.45 bits per heavy atom. The van der Waals surface area contributed by atoms with Gasteiger partial charge in [0.05, 0.1) is 5.69 Å². The van der Waals surface area contributed by atoms with Gasteiger partial charge in [0.2, 0.25) is 0 Å². The van der Waals surface area contributed by atoms with Gasteiger partial charge >= 0.3 is 12.1 Å². The van der Waals surface area contributed by atoms with Crippen molar-refractivity contribution in [2.45, 2.75) is 32.9 Å². The first-order chi connectivity index (χ1) is 9.32. The van der Waals surface area contributed by atoms with Crippen LogP contribution in [0.4, 0.5) is 18.9 Å². The lowest BCUT2D eigenvalue weighted by molar-refractivity contribution is -0.167. The number of aryl methyl sites for hydroxylation is 2. The number of carbonyl (C=O) groups excluding carboxylic acids is 1. The Morgan fingerprint density at radius 2 is 2.15 bits per heavy atom. The van der Waals surface area contributed by atoms with E-state index in [-0.39, 0.29) is 5.69 Å². The topological polar surface area (TPSA) is 46.4 Å². The highest BCUT2D eigenvalue weighted by Gasteiger charge is 2.38.